The van der Waals surface area contributed by atoms with E-state index in [9.17, 15) is 9.59 Å². The molecule has 0 radical (unpaired) electrons. The molecule has 2 aromatic carbocycles. The molecular formula is C19H16Cl2N4O3S. The van der Waals surface area contributed by atoms with Gasteiger partial charge in [-0.25, -0.2) is 0 Å². The van der Waals surface area contributed by atoms with Crippen molar-refractivity contribution >= 4 is 52.0 Å². The molecule has 2 N–H and O–H groups in total. The van der Waals surface area contributed by atoms with Gasteiger partial charge in [0.2, 0.25) is 10.9 Å². The SMILES string of the molecule is O=C(COCc1nnc(C(=O)Nc2cccc(Cl)c2)s1)NCc1cccc(Cl)c1. The number of carbonyl (C=O) groups excluding carboxylic acids is 2. The van der Waals surface area contributed by atoms with Gasteiger partial charge in [-0.15, -0.1) is 10.2 Å². The molecule has 0 atom stereocenters. The van der Waals surface area contributed by atoms with Crippen LogP contribution in [0.2, 0.25) is 10.0 Å². The molecule has 3 aromatic rings. The minimum atomic E-state index is -0.393. The van der Waals surface area contributed by atoms with Gasteiger partial charge in [-0.3, -0.25) is 9.59 Å². The van der Waals surface area contributed by atoms with E-state index in [0.29, 0.717) is 27.3 Å². The molecule has 0 saturated carbocycles. The van der Waals surface area contributed by atoms with Gasteiger partial charge < -0.3 is 15.4 Å². The van der Waals surface area contributed by atoms with E-state index in [2.05, 4.69) is 20.8 Å². The highest BCUT2D eigenvalue weighted by molar-refractivity contribution is 7.13. The molecule has 0 saturated heterocycles. The van der Waals surface area contributed by atoms with Crippen LogP contribution in [0.15, 0.2) is 48.5 Å². The van der Waals surface area contributed by atoms with Crippen LogP contribution >= 0.6 is 34.5 Å². The van der Waals surface area contributed by atoms with Gasteiger partial charge in [-0.1, -0.05) is 52.7 Å². The summed E-state index contributed by atoms with van der Waals surface area (Å²) in [6.45, 7) is 0.298. The Morgan fingerprint density at radius 1 is 1.03 bits per heavy atom. The predicted octanol–water partition coefficient (Wildman–Crippen LogP) is 3.93. The molecule has 1 heterocycles. The number of aromatic nitrogens is 2. The van der Waals surface area contributed by atoms with Crippen LogP contribution in [-0.2, 0) is 22.7 Å². The summed E-state index contributed by atoms with van der Waals surface area (Å²) in [5, 5.41) is 15.0. The van der Waals surface area contributed by atoms with Crippen molar-refractivity contribution < 1.29 is 14.3 Å². The Morgan fingerprint density at radius 3 is 2.55 bits per heavy atom. The van der Waals surface area contributed by atoms with Gasteiger partial charge in [0.05, 0.1) is 0 Å². The van der Waals surface area contributed by atoms with Crippen LogP contribution < -0.4 is 10.6 Å². The van der Waals surface area contributed by atoms with Crippen LogP contribution in [0.25, 0.3) is 0 Å². The number of hydrogen-bond donors (Lipinski definition) is 2. The lowest BCUT2D eigenvalue weighted by atomic mass is 10.2. The predicted molar refractivity (Wildman–Crippen MR) is 112 cm³/mol. The van der Waals surface area contributed by atoms with E-state index in [0.717, 1.165) is 16.9 Å². The van der Waals surface area contributed by atoms with Gasteiger partial charge in [0.15, 0.2) is 0 Å². The third-order valence-electron chi connectivity index (χ3n) is 3.58. The van der Waals surface area contributed by atoms with Crippen molar-refractivity contribution in [2.45, 2.75) is 13.2 Å². The van der Waals surface area contributed by atoms with Crippen LogP contribution in [0.3, 0.4) is 0 Å². The molecule has 0 aliphatic rings. The van der Waals surface area contributed by atoms with Gasteiger partial charge in [-0.2, -0.15) is 0 Å². The molecule has 0 fully saturated rings. The summed E-state index contributed by atoms with van der Waals surface area (Å²) in [6.07, 6.45) is 0. The molecule has 0 unspecified atom stereocenters. The monoisotopic (exact) mass is 450 g/mol. The van der Waals surface area contributed by atoms with Gasteiger partial charge in [0, 0.05) is 22.3 Å². The van der Waals surface area contributed by atoms with Gasteiger partial charge in [-0.05, 0) is 35.9 Å². The number of ether oxygens (including phenoxy) is 1. The van der Waals surface area contributed by atoms with Crippen molar-refractivity contribution in [3.63, 3.8) is 0 Å². The number of hydrogen-bond acceptors (Lipinski definition) is 6. The Bertz CT molecular complexity index is 1010. The molecule has 2 amide bonds. The Morgan fingerprint density at radius 2 is 1.79 bits per heavy atom. The van der Waals surface area contributed by atoms with Crippen molar-refractivity contribution in [1.82, 2.24) is 15.5 Å². The fourth-order valence-electron chi connectivity index (χ4n) is 2.28. The first-order valence-corrected chi connectivity index (χ1v) is 10.0. The van der Waals surface area contributed by atoms with Crippen molar-refractivity contribution in [3.05, 3.63) is 74.2 Å². The molecule has 7 nitrogen and oxygen atoms in total. The first-order chi connectivity index (χ1) is 14.0. The van der Waals surface area contributed by atoms with Crippen LogP contribution in [-0.4, -0.2) is 28.6 Å². The summed E-state index contributed by atoms with van der Waals surface area (Å²) in [4.78, 5) is 24.1. The average molecular weight is 451 g/mol. The number of nitrogens with one attached hydrogen (secondary N) is 2. The zero-order chi connectivity index (χ0) is 20.6. The first-order valence-electron chi connectivity index (χ1n) is 8.48. The van der Waals surface area contributed by atoms with Crippen molar-refractivity contribution in [2.24, 2.45) is 0 Å². The molecule has 10 heteroatoms. The number of carbonyl (C=O) groups is 2. The van der Waals surface area contributed by atoms with E-state index in [1.54, 1.807) is 36.4 Å². The molecule has 0 bridgehead atoms. The Labute approximate surface area is 181 Å². The minimum Gasteiger partial charge on any atom is -0.364 e. The van der Waals surface area contributed by atoms with E-state index in [1.807, 2.05) is 12.1 Å². The highest BCUT2D eigenvalue weighted by Crippen LogP contribution is 2.17. The summed E-state index contributed by atoms with van der Waals surface area (Å²) < 4.78 is 5.34. The smallest absolute Gasteiger partial charge is 0.286 e. The largest absolute Gasteiger partial charge is 0.364 e. The quantitative estimate of drug-likeness (QED) is 0.542. The lowest BCUT2D eigenvalue weighted by Gasteiger charge is -2.06. The number of halogens is 2. The number of benzene rings is 2. The third kappa shape index (κ3) is 6.79. The number of nitrogens with zero attached hydrogens (tertiary/aromatic N) is 2. The second-order valence-corrected chi connectivity index (χ2v) is 7.80. The van der Waals surface area contributed by atoms with E-state index < -0.39 is 5.91 Å². The fraction of sp³-hybridized carbons (Fsp3) is 0.158. The Kier molecular flexibility index (Phi) is 7.54. The lowest BCUT2D eigenvalue weighted by molar-refractivity contribution is -0.126. The topological polar surface area (TPSA) is 93.2 Å². The lowest BCUT2D eigenvalue weighted by Crippen LogP contribution is -2.27. The summed E-state index contributed by atoms with van der Waals surface area (Å²) in [7, 11) is 0. The molecule has 3 rings (SSSR count). The maximum absolute atomic E-state index is 12.2. The van der Waals surface area contributed by atoms with Crippen LogP contribution in [0.5, 0.6) is 0 Å². The normalized spacial score (nSPS) is 10.6. The molecule has 1 aromatic heterocycles. The maximum atomic E-state index is 12.2. The van der Waals surface area contributed by atoms with Gasteiger partial charge >= 0.3 is 0 Å². The Balaban J connectivity index is 1.41. The zero-order valence-corrected chi connectivity index (χ0v) is 17.4. The molecule has 0 spiro atoms. The molecule has 29 heavy (non-hydrogen) atoms. The van der Waals surface area contributed by atoms with Crippen molar-refractivity contribution in [3.8, 4) is 0 Å². The van der Waals surface area contributed by atoms with E-state index in [1.165, 1.54) is 0 Å². The molecule has 150 valence electrons. The van der Waals surface area contributed by atoms with Crippen LogP contribution in [0.4, 0.5) is 5.69 Å². The minimum absolute atomic E-state index is 0.0761. The Hall–Kier alpha value is -2.52. The zero-order valence-electron chi connectivity index (χ0n) is 15.0. The summed E-state index contributed by atoms with van der Waals surface area (Å²) in [6, 6.07) is 14.0. The molecule has 0 aliphatic heterocycles. The second-order valence-electron chi connectivity index (χ2n) is 5.86. The summed E-state index contributed by atoms with van der Waals surface area (Å²) in [5.41, 5.74) is 1.46. The fourth-order valence-corrected chi connectivity index (χ4v) is 3.36. The average Bonchev–Trinajstić information content (AvgIpc) is 3.16. The number of amides is 2. The first kappa shape index (κ1) is 21.2. The summed E-state index contributed by atoms with van der Waals surface area (Å²) >= 11 is 12.9. The maximum Gasteiger partial charge on any atom is 0.286 e. The van der Waals surface area contributed by atoms with Crippen molar-refractivity contribution in [1.29, 1.82) is 0 Å². The van der Waals surface area contributed by atoms with Crippen LogP contribution in [0, 0.1) is 0 Å². The van der Waals surface area contributed by atoms with Crippen molar-refractivity contribution in [2.75, 3.05) is 11.9 Å². The highest BCUT2D eigenvalue weighted by atomic mass is 35.5. The number of anilines is 1. The van der Waals surface area contributed by atoms with E-state index in [4.69, 9.17) is 27.9 Å². The van der Waals surface area contributed by atoms with E-state index in [-0.39, 0.29) is 24.1 Å². The van der Waals surface area contributed by atoms with E-state index >= 15 is 0 Å². The number of rotatable bonds is 8. The molecular weight excluding hydrogens is 435 g/mol. The third-order valence-corrected chi connectivity index (χ3v) is 4.95. The van der Waals surface area contributed by atoms with Crippen LogP contribution in [0.1, 0.15) is 20.4 Å². The molecule has 0 aliphatic carbocycles. The second kappa shape index (κ2) is 10.3. The van der Waals surface area contributed by atoms with Gasteiger partial charge in [0.25, 0.3) is 5.91 Å². The van der Waals surface area contributed by atoms with Gasteiger partial charge in [0.1, 0.15) is 18.2 Å². The standard InChI is InChI=1S/C19H16Cl2N4O3S/c20-13-4-1-3-12(7-13)9-22-16(26)10-28-11-17-24-25-19(29-17)18(27)23-15-6-2-5-14(21)8-15/h1-8H,9-11H2,(H,22,26)(H,23,27). The highest BCUT2D eigenvalue weighted by Gasteiger charge is 2.14. The summed E-state index contributed by atoms with van der Waals surface area (Å²) in [5.74, 6) is -0.663.